The van der Waals surface area contributed by atoms with Gasteiger partial charge in [-0.1, -0.05) is 66.7 Å². The number of amides is 1. The smallest absolute Gasteiger partial charge is 0.257 e. The number of ether oxygens (including phenoxy) is 1. The Kier molecular flexibility index (Phi) is 5.73. The maximum atomic E-state index is 13.5. The van der Waals surface area contributed by atoms with Crippen LogP contribution in [0.3, 0.4) is 0 Å². The first-order valence-corrected chi connectivity index (χ1v) is 11.1. The fraction of sp³-hybridized carbons (Fsp3) is 0.259. The molecule has 0 spiro atoms. The van der Waals surface area contributed by atoms with E-state index < -0.39 is 0 Å². The molecular weight excluding hydrogens is 398 g/mol. The van der Waals surface area contributed by atoms with E-state index in [0.717, 1.165) is 42.1 Å². The fourth-order valence-electron chi connectivity index (χ4n) is 4.58. The standard InChI is InChI=1S/C27H27N3O2/c1-32-24-13-11-22(12-14-24)26-17-25(21-8-3-2-4-9-21)28-30(26)27(31)19-29-16-15-20-7-5-6-10-23(20)18-29/h2-14,26H,15-19H2,1H3/t26-/m1/s1. The number of rotatable bonds is 5. The molecule has 5 heteroatoms. The summed E-state index contributed by atoms with van der Waals surface area (Å²) in [5.41, 5.74) is 5.78. The molecule has 5 nitrogen and oxygen atoms in total. The van der Waals surface area contributed by atoms with Crippen LogP contribution in [0.25, 0.3) is 0 Å². The lowest BCUT2D eigenvalue weighted by molar-refractivity contribution is -0.134. The Morgan fingerprint density at radius 1 is 0.969 bits per heavy atom. The van der Waals surface area contributed by atoms with Crippen molar-refractivity contribution in [2.24, 2.45) is 5.10 Å². The number of methoxy groups -OCH3 is 1. The van der Waals surface area contributed by atoms with Crippen molar-refractivity contribution in [1.82, 2.24) is 9.91 Å². The SMILES string of the molecule is COc1ccc([C@H]2CC(c3ccccc3)=NN2C(=O)CN2CCc3ccccc3C2)cc1. The van der Waals surface area contributed by atoms with Crippen LogP contribution in [0, 0.1) is 0 Å². The molecule has 0 aliphatic carbocycles. The number of fused-ring (bicyclic) bond motifs is 1. The first-order chi connectivity index (χ1) is 15.7. The molecule has 2 aliphatic heterocycles. The van der Waals surface area contributed by atoms with Gasteiger partial charge in [0.1, 0.15) is 5.75 Å². The van der Waals surface area contributed by atoms with Crippen molar-refractivity contribution in [2.75, 3.05) is 20.2 Å². The van der Waals surface area contributed by atoms with Crippen molar-refractivity contribution in [3.8, 4) is 5.75 Å². The van der Waals surface area contributed by atoms with Gasteiger partial charge in [0, 0.05) is 19.5 Å². The lowest BCUT2D eigenvalue weighted by atomic mass is 9.98. The molecule has 0 unspecified atom stereocenters. The molecule has 0 radical (unpaired) electrons. The quantitative estimate of drug-likeness (QED) is 0.607. The number of hydrogen-bond acceptors (Lipinski definition) is 4. The minimum absolute atomic E-state index is 0.0381. The van der Waals surface area contributed by atoms with Crippen LogP contribution in [0.2, 0.25) is 0 Å². The van der Waals surface area contributed by atoms with Gasteiger partial charge < -0.3 is 4.74 Å². The predicted molar refractivity (Wildman–Crippen MR) is 126 cm³/mol. The van der Waals surface area contributed by atoms with Crippen LogP contribution in [0.1, 0.15) is 34.7 Å². The zero-order valence-electron chi connectivity index (χ0n) is 18.3. The minimum atomic E-state index is -0.110. The van der Waals surface area contributed by atoms with Crippen LogP contribution in [-0.2, 0) is 17.8 Å². The number of hydrazone groups is 1. The highest BCUT2D eigenvalue weighted by Crippen LogP contribution is 2.34. The first kappa shape index (κ1) is 20.5. The molecule has 5 rings (SSSR count). The monoisotopic (exact) mass is 425 g/mol. The molecule has 0 saturated carbocycles. The zero-order valence-corrected chi connectivity index (χ0v) is 18.3. The van der Waals surface area contributed by atoms with Crippen LogP contribution in [0.5, 0.6) is 5.75 Å². The Morgan fingerprint density at radius 2 is 1.69 bits per heavy atom. The van der Waals surface area contributed by atoms with Crippen molar-refractivity contribution < 1.29 is 9.53 Å². The summed E-state index contributed by atoms with van der Waals surface area (Å²) in [4.78, 5) is 15.7. The summed E-state index contributed by atoms with van der Waals surface area (Å²) in [7, 11) is 1.66. The summed E-state index contributed by atoms with van der Waals surface area (Å²) < 4.78 is 5.31. The number of benzene rings is 3. The molecule has 2 aliphatic rings. The molecule has 0 bridgehead atoms. The largest absolute Gasteiger partial charge is 0.497 e. The normalized spacial score (nSPS) is 18.2. The third-order valence-electron chi connectivity index (χ3n) is 6.34. The van der Waals surface area contributed by atoms with Crippen molar-refractivity contribution in [3.63, 3.8) is 0 Å². The van der Waals surface area contributed by atoms with Gasteiger partial charge in [-0.05, 0) is 40.8 Å². The lowest BCUT2D eigenvalue weighted by Gasteiger charge is -2.30. The highest BCUT2D eigenvalue weighted by atomic mass is 16.5. The highest BCUT2D eigenvalue weighted by Gasteiger charge is 2.34. The molecule has 0 aromatic heterocycles. The van der Waals surface area contributed by atoms with Gasteiger partial charge in [-0.2, -0.15) is 5.10 Å². The molecule has 0 fully saturated rings. The van der Waals surface area contributed by atoms with Crippen LogP contribution in [-0.4, -0.2) is 41.7 Å². The topological polar surface area (TPSA) is 45.1 Å². The molecule has 32 heavy (non-hydrogen) atoms. The summed E-state index contributed by atoms with van der Waals surface area (Å²) in [5.74, 6) is 0.844. The first-order valence-electron chi connectivity index (χ1n) is 11.1. The van der Waals surface area contributed by atoms with E-state index in [1.807, 2.05) is 42.5 Å². The lowest BCUT2D eigenvalue weighted by Crippen LogP contribution is -2.40. The van der Waals surface area contributed by atoms with E-state index in [0.29, 0.717) is 13.0 Å². The van der Waals surface area contributed by atoms with Crippen molar-refractivity contribution >= 4 is 11.6 Å². The van der Waals surface area contributed by atoms with E-state index >= 15 is 0 Å². The average molecular weight is 426 g/mol. The second-order valence-corrected chi connectivity index (χ2v) is 8.37. The van der Waals surface area contributed by atoms with Crippen LogP contribution < -0.4 is 4.74 Å². The second-order valence-electron chi connectivity index (χ2n) is 8.37. The predicted octanol–water partition coefficient (Wildman–Crippen LogP) is 4.43. The minimum Gasteiger partial charge on any atom is -0.497 e. The third kappa shape index (κ3) is 4.16. The Bertz CT molecular complexity index is 1130. The van der Waals surface area contributed by atoms with Gasteiger partial charge >= 0.3 is 0 Å². The Morgan fingerprint density at radius 3 is 2.44 bits per heavy atom. The molecule has 1 amide bonds. The van der Waals surface area contributed by atoms with E-state index in [2.05, 4.69) is 41.3 Å². The maximum Gasteiger partial charge on any atom is 0.257 e. The van der Waals surface area contributed by atoms with Crippen LogP contribution in [0.15, 0.2) is 84.0 Å². The summed E-state index contributed by atoms with van der Waals surface area (Å²) in [6, 6.07) is 26.5. The van der Waals surface area contributed by atoms with Gasteiger partial charge in [-0.3, -0.25) is 9.69 Å². The van der Waals surface area contributed by atoms with Crippen molar-refractivity contribution in [2.45, 2.75) is 25.4 Å². The van der Waals surface area contributed by atoms with Crippen LogP contribution >= 0.6 is 0 Å². The molecular formula is C27H27N3O2. The number of carbonyl (C=O) groups is 1. The Balaban J connectivity index is 1.38. The van der Waals surface area contributed by atoms with Crippen molar-refractivity contribution in [3.05, 3.63) is 101 Å². The Labute approximate surface area is 188 Å². The fourth-order valence-corrected chi connectivity index (χ4v) is 4.58. The molecule has 2 heterocycles. The van der Waals surface area contributed by atoms with Crippen LogP contribution in [0.4, 0.5) is 0 Å². The van der Waals surface area contributed by atoms with E-state index in [9.17, 15) is 4.79 Å². The third-order valence-corrected chi connectivity index (χ3v) is 6.34. The average Bonchev–Trinajstić information content (AvgIpc) is 3.30. The maximum absolute atomic E-state index is 13.5. The number of hydrogen-bond donors (Lipinski definition) is 0. The van der Waals surface area contributed by atoms with Crippen molar-refractivity contribution in [1.29, 1.82) is 0 Å². The molecule has 0 saturated heterocycles. The molecule has 162 valence electrons. The summed E-state index contributed by atoms with van der Waals surface area (Å²) in [5, 5.41) is 6.51. The van der Waals surface area contributed by atoms with E-state index in [-0.39, 0.29) is 11.9 Å². The zero-order chi connectivity index (χ0) is 21.9. The van der Waals surface area contributed by atoms with Gasteiger partial charge in [0.25, 0.3) is 5.91 Å². The van der Waals surface area contributed by atoms with Gasteiger partial charge in [0.15, 0.2) is 0 Å². The highest BCUT2D eigenvalue weighted by molar-refractivity contribution is 6.03. The molecule has 0 N–H and O–H groups in total. The Hall–Kier alpha value is -3.44. The van der Waals surface area contributed by atoms with Gasteiger partial charge in [0.05, 0.1) is 25.4 Å². The molecule has 1 atom stereocenters. The van der Waals surface area contributed by atoms with E-state index in [1.54, 1.807) is 12.1 Å². The molecule has 3 aromatic carbocycles. The van der Waals surface area contributed by atoms with Gasteiger partial charge in [-0.15, -0.1) is 0 Å². The summed E-state index contributed by atoms with van der Waals surface area (Å²) in [6.45, 7) is 2.06. The summed E-state index contributed by atoms with van der Waals surface area (Å²) >= 11 is 0. The van der Waals surface area contributed by atoms with Gasteiger partial charge in [0.2, 0.25) is 0 Å². The van der Waals surface area contributed by atoms with E-state index in [4.69, 9.17) is 9.84 Å². The second kappa shape index (κ2) is 8.97. The van der Waals surface area contributed by atoms with E-state index in [1.165, 1.54) is 11.1 Å². The summed E-state index contributed by atoms with van der Waals surface area (Å²) in [6.07, 6.45) is 1.68. The molecule has 3 aromatic rings. The number of carbonyl (C=O) groups excluding carboxylic acids is 1. The number of nitrogens with zero attached hydrogens (tertiary/aromatic N) is 3. The van der Waals surface area contributed by atoms with Gasteiger partial charge in [-0.25, -0.2) is 5.01 Å².